The fraction of sp³-hybridized carbons (Fsp3) is 0.120. The van der Waals surface area contributed by atoms with E-state index in [1.807, 2.05) is 6.07 Å². The number of hydrogen-bond acceptors (Lipinski definition) is 7. The Morgan fingerprint density at radius 2 is 1.74 bits per heavy atom. The number of aromatic amines is 1. The second kappa shape index (κ2) is 9.56. The van der Waals surface area contributed by atoms with Gasteiger partial charge in [-0.15, -0.1) is 0 Å². The molecule has 1 heterocycles. The number of nitro groups is 1. The quantitative estimate of drug-likeness (QED) is 0.234. The Kier molecular flexibility index (Phi) is 6.36. The van der Waals surface area contributed by atoms with E-state index in [9.17, 15) is 19.7 Å². The molecule has 0 saturated heterocycles. The van der Waals surface area contributed by atoms with E-state index in [-0.39, 0.29) is 22.4 Å². The predicted octanol–water partition coefficient (Wildman–Crippen LogP) is 4.24. The average Bonchev–Trinajstić information content (AvgIpc) is 3.29. The number of amides is 1. The summed E-state index contributed by atoms with van der Waals surface area (Å²) in [5, 5.41) is 21.2. The summed E-state index contributed by atoms with van der Waals surface area (Å²) in [6, 6.07) is 17.6. The predicted molar refractivity (Wildman–Crippen MR) is 132 cm³/mol. The van der Waals surface area contributed by atoms with E-state index in [4.69, 9.17) is 0 Å². The van der Waals surface area contributed by atoms with Crippen LogP contribution in [-0.2, 0) is 0 Å². The summed E-state index contributed by atoms with van der Waals surface area (Å²) in [6.07, 6.45) is 0. The number of ketones is 1. The zero-order valence-electron chi connectivity index (χ0n) is 19.3. The van der Waals surface area contributed by atoms with E-state index in [1.165, 1.54) is 30.3 Å². The number of nitrogens with one attached hydrogen (secondary N) is 2. The number of nitrogens with zero attached hydrogens (tertiary/aromatic N) is 4. The van der Waals surface area contributed by atoms with Crippen LogP contribution < -0.4 is 10.2 Å². The maximum absolute atomic E-state index is 13.3. The van der Waals surface area contributed by atoms with Crippen LogP contribution in [0.15, 0.2) is 66.7 Å². The van der Waals surface area contributed by atoms with Crippen LogP contribution in [0, 0.1) is 17.0 Å². The molecule has 4 aromatic rings. The summed E-state index contributed by atoms with van der Waals surface area (Å²) >= 11 is 0. The van der Waals surface area contributed by atoms with Crippen molar-refractivity contribution in [3.63, 3.8) is 0 Å². The van der Waals surface area contributed by atoms with Crippen molar-refractivity contribution in [1.82, 2.24) is 15.2 Å². The molecule has 0 radical (unpaired) electrons. The van der Waals surface area contributed by atoms with Crippen molar-refractivity contribution in [2.45, 2.75) is 6.92 Å². The van der Waals surface area contributed by atoms with Gasteiger partial charge in [0, 0.05) is 42.5 Å². The maximum atomic E-state index is 13.3. The first kappa shape index (κ1) is 23.3. The maximum Gasteiger partial charge on any atom is 0.293 e. The smallest absolute Gasteiger partial charge is 0.293 e. The number of nitro benzene ring substituents is 1. The van der Waals surface area contributed by atoms with Crippen LogP contribution in [0.2, 0.25) is 0 Å². The van der Waals surface area contributed by atoms with Gasteiger partial charge in [0.15, 0.2) is 11.6 Å². The second-order valence-electron chi connectivity index (χ2n) is 8.01. The number of hydrogen-bond donors (Lipinski definition) is 2. The minimum absolute atomic E-state index is 0.115. The summed E-state index contributed by atoms with van der Waals surface area (Å²) in [7, 11) is 3.36. The number of carbonyl (C=O) groups excluding carboxylic acids is 2. The van der Waals surface area contributed by atoms with Gasteiger partial charge >= 0.3 is 0 Å². The van der Waals surface area contributed by atoms with E-state index >= 15 is 0 Å². The van der Waals surface area contributed by atoms with Crippen molar-refractivity contribution in [2.75, 3.05) is 24.3 Å². The molecule has 1 aromatic heterocycles. The lowest BCUT2D eigenvalue weighted by Gasteiger charge is -2.14. The third-order valence-electron chi connectivity index (χ3n) is 5.31. The van der Waals surface area contributed by atoms with Crippen LogP contribution in [0.25, 0.3) is 11.4 Å². The summed E-state index contributed by atoms with van der Waals surface area (Å²) < 4.78 is 0. The van der Waals surface area contributed by atoms with E-state index < -0.39 is 16.6 Å². The molecule has 0 aliphatic carbocycles. The van der Waals surface area contributed by atoms with Gasteiger partial charge in [0.05, 0.1) is 10.5 Å². The van der Waals surface area contributed by atoms with Gasteiger partial charge in [0.1, 0.15) is 11.5 Å². The summed E-state index contributed by atoms with van der Waals surface area (Å²) in [5.74, 6) is 0.184. The molecule has 0 fully saturated rings. The Morgan fingerprint density at radius 1 is 1.00 bits per heavy atom. The SMILES string of the molecule is Cc1nc(-c2cccc(NC(=O)c3ccccc3C(=O)c3ccc(N(C)C)c([N+](=O)[O-])c3)c2)n[nH]1. The number of aryl methyl sites for hydroxylation is 1. The third-order valence-corrected chi connectivity index (χ3v) is 5.31. The molecule has 1 amide bonds. The number of aromatic nitrogens is 3. The van der Waals surface area contributed by atoms with Gasteiger partial charge in [-0.05, 0) is 37.3 Å². The number of anilines is 2. The van der Waals surface area contributed by atoms with Crippen molar-refractivity contribution < 1.29 is 14.5 Å². The lowest BCUT2D eigenvalue weighted by molar-refractivity contribution is -0.384. The number of rotatable bonds is 7. The Morgan fingerprint density at radius 3 is 2.40 bits per heavy atom. The van der Waals surface area contributed by atoms with Gasteiger partial charge in [-0.2, -0.15) is 5.10 Å². The molecule has 0 spiro atoms. The zero-order valence-corrected chi connectivity index (χ0v) is 19.3. The highest BCUT2D eigenvalue weighted by atomic mass is 16.6. The van der Waals surface area contributed by atoms with Crippen LogP contribution in [-0.4, -0.2) is 45.9 Å². The Labute approximate surface area is 200 Å². The summed E-state index contributed by atoms with van der Waals surface area (Å²) in [5.41, 5.74) is 1.80. The minimum atomic E-state index is -0.534. The molecule has 2 N–H and O–H groups in total. The van der Waals surface area contributed by atoms with Gasteiger partial charge in [-0.25, -0.2) is 4.98 Å². The zero-order chi connectivity index (χ0) is 25.1. The first-order chi connectivity index (χ1) is 16.7. The van der Waals surface area contributed by atoms with Gasteiger partial charge in [0.2, 0.25) is 0 Å². The number of carbonyl (C=O) groups is 2. The molecule has 35 heavy (non-hydrogen) atoms. The van der Waals surface area contributed by atoms with Crippen LogP contribution in [0.5, 0.6) is 0 Å². The van der Waals surface area contributed by atoms with Gasteiger partial charge < -0.3 is 10.2 Å². The first-order valence-electron chi connectivity index (χ1n) is 10.6. The molecule has 0 bridgehead atoms. The Balaban J connectivity index is 1.64. The normalized spacial score (nSPS) is 10.6. The molecule has 0 unspecified atom stereocenters. The molecule has 4 rings (SSSR count). The molecule has 3 aromatic carbocycles. The van der Waals surface area contributed by atoms with Crippen LogP contribution >= 0.6 is 0 Å². The summed E-state index contributed by atoms with van der Waals surface area (Å²) in [6.45, 7) is 1.79. The molecule has 176 valence electrons. The fourth-order valence-corrected chi connectivity index (χ4v) is 3.63. The highest BCUT2D eigenvalue weighted by molar-refractivity contribution is 6.18. The third kappa shape index (κ3) is 4.91. The van der Waals surface area contributed by atoms with Crippen molar-refractivity contribution in [1.29, 1.82) is 0 Å². The van der Waals surface area contributed by atoms with Gasteiger partial charge in [-0.1, -0.05) is 30.3 Å². The molecule has 0 atom stereocenters. The van der Waals surface area contributed by atoms with E-state index in [0.29, 0.717) is 28.6 Å². The summed E-state index contributed by atoms with van der Waals surface area (Å²) in [4.78, 5) is 43.3. The highest BCUT2D eigenvalue weighted by Crippen LogP contribution is 2.29. The van der Waals surface area contributed by atoms with Crippen LogP contribution in [0.4, 0.5) is 17.1 Å². The van der Waals surface area contributed by atoms with E-state index in [0.717, 1.165) is 0 Å². The number of H-pyrrole nitrogens is 1. The molecule has 0 aliphatic heterocycles. The van der Waals surface area contributed by atoms with Gasteiger partial charge in [0.25, 0.3) is 11.6 Å². The molecule has 0 saturated carbocycles. The van der Waals surface area contributed by atoms with Crippen LogP contribution in [0.1, 0.15) is 32.1 Å². The van der Waals surface area contributed by atoms with Crippen molar-refractivity contribution in [3.05, 3.63) is 99.4 Å². The van der Waals surface area contributed by atoms with E-state index in [2.05, 4.69) is 20.5 Å². The van der Waals surface area contributed by atoms with Crippen molar-refractivity contribution in [3.8, 4) is 11.4 Å². The number of benzene rings is 3. The fourth-order valence-electron chi connectivity index (χ4n) is 3.63. The Hall–Kier alpha value is -4.86. The lowest BCUT2D eigenvalue weighted by atomic mass is 9.97. The molecular weight excluding hydrogens is 448 g/mol. The van der Waals surface area contributed by atoms with Crippen molar-refractivity contribution in [2.24, 2.45) is 0 Å². The minimum Gasteiger partial charge on any atom is -0.372 e. The topological polar surface area (TPSA) is 134 Å². The van der Waals surface area contributed by atoms with Crippen molar-refractivity contribution >= 4 is 28.8 Å². The van der Waals surface area contributed by atoms with Crippen LogP contribution in [0.3, 0.4) is 0 Å². The standard InChI is InChI=1S/C25H22N6O4/c1-15-26-24(29-28-15)17-7-6-8-18(13-17)27-25(33)20-10-5-4-9-19(20)23(32)16-11-12-21(30(2)3)22(14-16)31(34)35/h4-14H,1-3H3,(H,27,33)(H,26,28,29). The lowest BCUT2D eigenvalue weighted by Crippen LogP contribution is -2.17. The molecule has 0 aliphatic rings. The second-order valence-corrected chi connectivity index (χ2v) is 8.01. The first-order valence-corrected chi connectivity index (χ1v) is 10.6. The van der Waals surface area contributed by atoms with Gasteiger partial charge in [-0.3, -0.25) is 24.8 Å². The van der Waals surface area contributed by atoms with E-state index in [1.54, 1.807) is 56.3 Å². The highest BCUT2D eigenvalue weighted by Gasteiger charge is 2.23. The molecular formula is C25H22N6O4. The largest absolute Gasteiger partial charge is 0.372 e. The Bertz CT molecular complexity index is 1440. The monoisotopic (exact) mass is 470 g/mol. The average molecular weight is 470 g/mol. The molecule has 10 heteroatoms. The molecule has 10 nitrogen and oxygen atoms in total.